The molecule has 0 aliphatic rings. The number of anilines is 3. The first-order valence-electron chi connectivity index (χ1n) is 8.07. The number of benzene rings is 2. The van der Waals surface area contributed by atoms with Crippen LogP contribution >= 0.6 is 22.6 Å². The van der Waals surface area contributed by atoms with Gasteiger partial charge in [0.1, 0.15) is 10.7 Å². The lowest BCUT2D eigenvalue weighted by atomic mass is 10.3. The molecule has 0 aliphatic heterocycles. The molecule has 134 valence electrons. The van der Waals surface area contributed by atoms with Gasteiger partial charge in [-0.1, -0.05) is 18.2 Å². The molecule has 0 fully saturated rings. The van der Waals surface area contributed by atoms with Gasteiger partial charge < -0.3 is 5.32 Å². The molecule has 7 heteroatoms. The maximum absolute atomic E-state index is 12.9. The van der Waals surface area contributed by atoms with Crippen molar-refractivity contribution in [2.75, 3.05) is 16.2 Å². The number of hydrogen-bond acceptors (Lipinski definition) is 4. The molecule has 0 bridgehead atoms. The fourth-order valence-electron chi connectivity index (χ4n) is 2.50. The standard InChI is InChI=1S/C19H18IN3O2S/c1-2-23(17-6-4-3-5-7-17)26(24,25)18-12-13-19(21-14-18)22-16-10-8-15(20)9-11-16/h3-14H,2H2,1H3,(H,21,22). The molecule has 26 heavy (non-hydrogen) atoms. The normalized spacial score (nSPS) is 11.2. The van der Waals surface area contributed by atoms with E-state index in [0.717, 1.165) is 9.26 Å². The van der Waals surface area contributed by atoms with Crippen molar-refractivity contribution < 1.29 is 8.42 Å². The molecule has 0 saturated heterocycles. The second-order valence-electron chi connectivity index (χ2n) is 5.52. The summed E-state index contributed by atoms with van der Waals surface area (Å²) in [7, 11) is -3.66. The van der Waals surface area contributed by atoms with Crippen LogP contribution in [-0.2, 0) is 10.0 Å². The Kier molecular flexibility index (Phi) is 5.77. The van der Waals surface area contributed by atoms with E-state index in [-0.39, 0.29) is 4.90 Å². The first kappa shape index (κ1) is 18.7. The van der Waals surface area contributed by atoms with Crippen molar-refractivity contribution in [1.82, 2.24) is 4.98 Å². The molecule has 1 N–H and O–H groups in total. The number of pyridine rings is 1. The highest BCUT2D eigenvalue weighted by Gasteiger charge is 2.23. The largest absolute Gasteiger partial charge is 0.340 e. The van der Waals surface area contributed by atoms with Gasteiger partial charge in [-0.25, -0.2) is 13.4 Å². The van der Waals surface area contributed by atoms with Gasteiger partial charge in [0, 0.05) is 22.0 Å². The highest BCUT2D eigenvalue weighted by molar-refractivity contribution is 14.1. The molecule has 0 amide bonds. The van der Waals surface area contributed by atoms with Gasteiger partial charge in [-0.3, -0.25) is 4.31 Å². The van der Waals surface area contributed by atoms with Crippen molar-refractivity contribution in [1.29, 1.82) is 0 Å². The molecule has 0 atom stereocenters. The second-order valence-corrected chi connectivity index (χ2v) is 8.62. The summed E-state index contributed by atoms with van der Waals surface area (Å²) in [6.45, 7) is 2.15. The number of nitrogens with one attached hydrogen (secondary N) is 1. The molecular formula is C19H18IN3O2S. The molecule has 0 saturated carbocycles. The number of hydrogen-bond donors (Lipinski definition) is 1. The summed E-state index contributed by atoms with van der Waals surface area (Å²) < 4.78 is 28.4. The van der Waals surface area contributed by atoms with Crippen molar-refractivity contribution in [3.05, 3.63) is 76.5 Å². The topological polar surface area (TPSA) is 62.3 Å². The third-order valence-corrected chi connectivity index (χ3v) is 6.38. The van der Waals surface area contributed by atoms with E-state index in [1.807, 2.05) is 49.4 Å². The molecule has 0 spiro atoms. The summed E-state index contributed by atoms with van der Waals surface area (Å²) in [6, 6.07) is 20.2. The predicted octanol–water partition coefficient (Wildman–Crippen LogP) is 4.65. The van der Waals surface area contributed by atoms with Crippen LogP contribution in [-0.4, -0.2) is 19.9 Å². The fraction of sp³-hybridized carbons (Fsp3) is 0.105. The maximum atomic E-state index is 12.9. The summed E-state index contributed by atoms with van der Waals surface area (Å²) in [6.07, 6.45) is 1.38. The SMILES string of the molecule is CCN(c1ccccc1)S(=O)(=O)c1ccc(Nc2ccc(I)cc2)nc1. The number of rotatable bonds is 6. The Hall–Kier alpha value is -2.13. The minimum Gasteiger partial charge on any atom is -0.340 e. The van der Waals surface area contributed by atoms with Gasteiger partial charge in [0.15, 0.2) is 0 Å². The number of nitrogens with zero attached hydrogens (tertiary/aromatic N) is 2. The summed E-state index contributed by atoms with van der Waals surface area (Å²) in [4.78, 5) is 4.42. The van der Waals surface area contributed by atoms with E-state index < -0.39 is 10.0 Å². The Bertz CT molecular complexity index is 960. The number of aromatic nitrogens is 1. The molecule has 0 aliphatic carbocycles. The molecule has 3 rings (SSSR count). The van der Waals surface area contributed by atoms with Gasteiger partial charge in [0.05, 0.1) is 5.69 Å². The van der Waals surface area contributed by atoms with Crippen LogP contribution in [0.5, 0.6) is 0 Å². The van der Waals surface area contributed by atoms with E-state index in [2.05, 4.69) is 32.9 Å². The zero-order valence-corrected chi connectivity index (χ0v) is 17.1. The minimum absolute atomic E-state index is 0.163. The average Bonchev–Trinajstić information content (AvgIpc) is 2.65. The Morgan fingerprint density at radius 2 is 1.69 bits per heavy atom. The molecule has 1 heterocycles. The smallest absolute Gasteiger partial charge is 0.265 e. The van der Waals surface area contributed by atoms with E-state index in [1.165, 1.54) is 10.5 Å². The van der Waals surface area contributed by atoms with Gasteiger partial charge in [0.2, 0.25) is 0 Å². The first-order valence-corrected chi connectivity index (χ1v) is 10.6. The van der Waals surface area contributed by atoms with E-state index in [0.29, 0.717) is 18.1 Å². The molecule has 2 aromatic carbocycles. The first-order chi connectivity index (χ1) is 12.5. The van der Waals surface area contributed by atoms with E-state index in [1.54, 1.807) is 24.3 Å². The minimum atomic E-state index is -3.66. The third kappa shape index (κ3) is 4.16. The lowest BCUT2D eigenvalue weighted by molar-refractivity contribution is 0.591. The summed E-state index contributed by atoms with van der Waals surface area (Å²) in [5.41, 5.74) is 1.53. The second kappa shape index (κ2) is 8.05. The van der Waals surface area contributed by atoms with Gasteiger partial charge in [-0.15, -0.1) is 0 Å². The van der Waals surface area contributed by atoms with Gasteiger partial charge >= 0.3 is 0 Å². The van der Waals surface area contributed by atoms with Crippen molar-refractivity contribution in [3.8, 4) is 0 Å². The zero-order valence-electron chi connectivity index (χ0n) is 14.1. The van der Waals surface area contributed by atoms with Gasteiger partial charge in [0.25, 0.3) is 10.0 Å². The van der Waals surface area contributed by atoms with Crippen molar-refractivity contribution in [2.45, 2.75) is 11.8 Å². The molecule has 3 aromatic rings. The van der Waals surface area contributed by atoms with Crippen LogP contribution in [0, 0.1) is 3.57 Å². The Morgan fingerprint density at radius 3 is 2.27 bits per heavy atom. The fourth-order valence-corrected chi connectivity index (χ4v) is 4.28. The lowest BCUT2D eigenvalue weighted by Gasteiger charge is -2.22. The van der Waals surface area contributed by atoms with Crippen molar-refractivity contribution in [2.24, 2.45) is 0 Å². The van der Waals surface area contributed by atoms with Crippen LogP contribution in [0.15, 0.2) is 77.8 Å². The predicted molar refractivity (Wildman–Crippen MR) is 113 cm³/mol. The highest BCUT2D eigenvalue weighted by Crippen LogP contribution is 2.24. The number of sulfonamides is 1. The molecule has 5 nitrogen and oxygen atoms in total. The number of halogens is 1. The van der Waals surface area contributed by atoms with Gasteiger partial charge in [-0.2, -0.15) is 0 Å². The quantitative estimate of drug-likeness (QED) is 0.524. The monoisotopic (exact) mass is 479 g/mol. The Labute approximate surface area is 167 Å². The summed E-state index contributed by atoms with van der Waals surface area (Å²) in [5.74, 6) is 0.591. The van der Waals surface area contributed by atoms with Crippen LogP contribution in [0.25, 0.3) is 0 Å². The Morgan fingerprint density at radius 1 is 1.00 bits per heavy atom. The maximum Gasteiger partial charge on any atom is 0.265 e. The molecule has 0 unspecified atom stereocenters. The average molecular weight is 479 g/mol. The summed E-state index contributed by atoms with van der Waals surface area (Å²) >= 11 is 2.24. The van der Waals surface area contributed by atoms with Crippen LogP contribution < -0.4 is 9.62 Å². The zero-order chi connectivity index (χ0) is 18.6. The summed E-state index contributed by atoms with van der Waals surface area (Å²) in [5, 5.41) is 3.16. The lowest BCUT2D eigenvalue weighted by Crippen LogP contribution is -2.30. The van der Waals surface area contributed by atoms with Crippen LogP contribution in [0.4, 0.5) is 17.2 Å². The van der Waals surface area contributed by atoms with Crippen LogP contribution in [0.3, 0.4) is 0 Å². The van der Waals surface area contributed by atoms with Crippen LogP contribution in [0.1, 0.15) is 6.92 Å². The third-order valence-electron chi connectivity index (χ3n) is 3.77. The van der Waals surface area contributed by atoms with Crippen molar-refractivity contribution >= 4 is 49.8 Å². The highest BCUT2D eigenvalue weighted by atomic mass is 127. The molecular weight excluding hydrogens is 461 g/mol. The van der Waals surface area contributed by atoms with Crippen LogP contribution in [0.2, 0.25) is 0 Å². The van der Waals surface area contributed by atoms with E-state index >= 15 is 0 Å². The number of para-hydroxylation sites is 1. The van der Waals surface area contributed by atoms with E-state index in [9.17, 15) is 8.42 Å². The van der Waals surface area contributed by atoms with E-state index in [4.69, 9.17) is 0 Å². The van der Waals surface area contributed by atoms with Gasteiger partial charge in [-0.05, 0) is 78.0 Å². The Balaban J connectivity index is 1.83. The molecule has 0 radical (unpaired) electrons. The molecule has 1 aromatic heterocycles. The van der Waals surface area contributed by atoms with Crippen molar-refractivity contribution in [3.63, 3.8) is 0 Å².